The summed E-state index contributed by atoms with van der Waals surface area (Å²) in [5.74, 6) is -1.26. The zero-order valence-corrected chi connectivity index (χ0v) is 7.29. The monoisotopic (exact) mass is 185 g/mol. The highest BCUT2D eigenvalue weighted by Crippen LogP contribution is 2.29. The van der Waals surface area contributed by atoms with E-state index in [9.17, 15) is 14.6 Å². The van der Waals surface area contributed by atoms with Crippen molar-refractivity contribution >= 4 is 0 Å². The molecule has 0 fully saturated rings. The number of halogens is 1. The van der Waals surface area contributed by atoms with E-state index in [1.165, 1.54) is 6.07 Å². The fourth-order valence-corrected chi connectivity index (χ4v) is 1.22. The lowest BCUT2D eigenvalue weighted by atomic mass is 10.0. The summed E-state index contributed by atoms with van der Waals surface area (Å²) in [6.45, 7) is 1.63. The van der Waals surface area contributed by atoms with E-state index in [2.05, 4.69) is 0 Å². The molecule has 0 aromatic heterocycles. The van der Waals surface area contributed by atoms with Gasteiger partial charge in [-0.3, -0.25) is 0 Å². The second-order valence-corrected chi connectivity index (χ2v) is 2.88. The molecule has 3 nitrogen and oxygen atoms in total. The Bertz CT molecular complexity index is 315. The van der Waals surface area contributed by atoms with Crippen molar-refractivity contribution in [2.45, 2.75) is 13.0 Å². The number of benzene rings is 1. The Morgan fingerprint density at radius 3 is 2.69 bits per heavy atom. The molecule has 4 heteroatoms. The Balaban J connectivity index is 3.25. The molecule has 0 spiro atoms. The summed E-state index contributed by atoms with van der Waals surface area (Å²) >= 11 is 0. The molecule has 1 rings (SSSR count). The van der Waals surface area contributed by atoms with Crippen molar-refractivity contribution in [3.63, 3.8) is 0 Å². The molecule has 1 aromatic rings. The quantitative estimate of drug-likeness (QED) is 0.639. The number of hydrogen-bond acceptors (Lipinski definition) is 3. The zero-order valence-electron chi connectivity index (χ0n) is 7.29. The molecule has 0 heterocycles. The molecule has 0 aliphatic heterocycles. The van der Waals surface area contributed by atoms with Crippen LogP contribution in [0.2, 0.25) is 0 Å². The van der Waals surface area contributed by atoms with Crippen molar-refractivity contribution in [2.24, 2.45) is 5.73 Å². The first-order valence-corrected chi connectivity index (χ1v) is 3.94. The summed E-state index contributed by atoms with van der Waals surface area (Å²) < 4.78 is 12.9. The van der Waals surface area contributed by atoms with Crippen molar-refractivity contribution in [1.82, 2.24) is 0 Å². The van der Waals surface area contributed by atoms with E-state index < -0.39 is 17.7 Å². The number of aliphatic hydroxyl groups excluding tert-OH is 1. The second kappa shape index (κ2) is 3.72. The van der Waals surface area contributed by atoms with Crippen LogP contribution in [-0.2, 0) is 0 Å². The van der Waals surface area contributed by atoms with E-state index in [0.29, 0.717) is 5.56 Å². The van der Waals surface area contributed by atoms with Crippen molar-refractivity contribution in [1.29, 1.82) is 0 Å². The summed E-state index contributed by atoms with van der Waals surface area (Å²) in [4.78, 5) is 0. The minimum atomic E-state index is -1.02. The Labute approximate surface area is 75.6 Å². The van der Waals surface area contributed by atoms with E-state index in [-0.39, 0.29) is 12.1 Å². The van der Waals surface area contributed by atoms with Crippen LogP contribution < -0.4 is 5.73 Å². The third kappa shape index (κ3) is 1.79. The van der Waals surface area contributed by atoms with Crippen LogP contribution in [0.15, 0.2) is 12.1 Å². The maximum Gasteiger partial charge on any atom is 0.165 e. The van der Waals surface area contributed by atoms with Gasteiger partial charge in [-0.2, -0.15) is 0 Å². The van der Waals surface area contributed by atoms with Gasteiger partial charge in [0.25, 0.3) is 0 Å². The molecule has 0 amide bonds. The summed E-state index contributed by atoms with van der Waals surface area (Å²) in [6.07, 6.45) is -1.02. The van der Waals surface area contributed by atoms with Crippen LogP contribution in [0.4, 0.5) is 4.39 Å². The van der Waals surface area contributed by atoms with Crippen LogP contribution in [0, 0.1) is 12.7 Å². The predicted octanol–water partition coefficient (Wildman–Crippen LogP) is 0.832. The van der Waals surface area contributed by atoms with Crippen LogP contribution in [0.5, 0.6) is 5.75 Å². The number of phenols is 1. The summed E-state index contributed by atoms with van der Waals surface area (Å²) in [5, 5.41) is 18.7. The molecule has 4 N–H and O–H groups in total. The van der Waals surface area contributed by atoms with Gasteiger partial charge in [-0.25, -0.2) is 4.39 Å². The largest absolute Gasteiger partial charge is 0.505 e. The molecule has 1 aromatic carbocycles. The minimum absolute atomic E-state index is 0.0438. The van der Waals surface area contributed by atoms with Crippen molar-refractivity contribution in [2.75, 3.05) is 6.54 Å². The predicted molar refractivity (Wildman–Crippen MR) is 46.8 cm³/mol. The lowest BCUT2D eigenvalue weighted by molar-refractivity contribution is 0.180. The van der Waals surface area contributed by atoms with Gasteiger partial charge in [0.05, 0.1) is 6.10 Å². The third-order valence-electron chi connectivity index (χ3n) is 1.94. The number of aryl methyl sites for hydroxylation is 1. The first-order valence-electron chi connectivity index (χ1n) is 3.94. The van der Waals surface area contributed by atoms with Crippen LogP contribution in [0.3, 0.4) is 0 Å². The van der Waals surface area contributed by atoms with Gasteiger partial charge < -0.3 is 15.9 Å². The van der Waals surface area contributed by atoms with Gasteiger partial charge in [0.15, 0.2) is 11.6 Å². The summed E-state index contributed by atoms with van der Waals surface area (Å²) in [6, 6.07) is 2.64. The highest BCUT2D eigenvalue weighted by molar-refractivity contribution is 5.41. The van der Waals surface area contributed by atoms with Gasteiger partial charge >= 0.3 is 0 Å². The molecule has 0 saturated carbocycles. The Morgan fingerprint density at radius 2 is 2.15 bits per heavy atom. The number of aliphatic hydroxyl groups is 1. The average molecular weight is 185 g/mol. The van der Waals surface area contributed by atoms with Crippen LogP contribution in [0.1, 0.15) is 17.2 Å². The zero-order chi connectivity index (χ0) is 10.0. The molecule has 72 valence electrons. The van der Waals surface area contributed by atoms with E-state index in [1.54, 1.807) is 6.92 Å². The van der Waals surface area contributed by atoms with Crippen molar-refractivity contribution in [3.05, 3.63) is 29.1 Å². The number of hydrogen-bond donors (Lipinski definition) is 3. The molecular formula is C9H12FNO2. The normalized spacial score (nSPS) is 12.9. The standard InChI is InChI=1S/C9H12FNO2/c1-5-2-3-6(10)9(13)8(5)7(12)4-11/h2-3,7,12-13H,4,11H2,1H3. The highest BCUT2D eigenvalue weighted by Gasteiger charge is 2.16. The maximum atomic E-state index is 12.9. The molecule has 0 saturated heterocycles. The minimum Gasteiger partial charge on any atom is -0.505 e. The van der Waals surface area contributed by atoms with Gasteiger partial charge in [0.1, 0.15) is 0 Å². The Hall–Kier alpha value is -1.13. The number of rotatable bonds is 2. The van der Waals surface area contributed by atoms with E-state index in [4.69, 9.17) is 5.73 Å². The van der Waals surface area contributed by atoms with Gasteiger partial charge in [0.2, 0.25) is 0 Å². The van der Waals surface area contributed by atoms with Crippen molar-refractivity contribution < 1.29 is 14.6 Å². The Kier molecular flexibility index (Phi) is 2.85. The highest BCUT2D eigenvalue weighted by atomic mass is 19.1. The average Bonchev–Trinajstić information content (AvgIpc) is 2.12. The van der Waals surface area contributed by atoms with E-state index >= 15 is 0 Å². The fourth-order valence-electron chi connectivity index (χ4n) is 1.22. The van der Waals surface area contributed by atoms with Crippen LogP contribution in [-0.4, -0.2) is 16.8 Å². The fraction of sp³-hybridized carbons (Fsp3) is 0.333. The van der Waals surface area contributed by atoms with Crippen molar-refractivity contribution in [3.8, 4) is 5.75 Å². The first-order chi connectivity index (χ1) is 6.07. The lowest BCUT2D eigenvalue weighted by Gasteiger charge is -2.13. The molecule has 13 heavy (non-hydrogen) atoms. The second-order valence-electron chi connectivity index (χ2n) is 2.88. The lowest BCUT2D eigenvalue weighted by Crippen LogP contribution is -2.13. The number of nitrogens with two attached hydrogens (primary N) is 1. The molecule has 0 bridgehead atoms. The molecule has 0 aliphatic carbocycles. The summed E-state index contributed by atoms with van der Waals surface area (Å²) in [5.41, 5.74) is 6.00. The molecule has 0 radical (unpaired) electrons. The summed E-state index contributed by atoms with van der Waals surface area (Å²) in [7, 11) is 0. The van der Waals surface area contributed by atoms with Gasteiger partial charge in [-0.05, 0) is 18.6 Å². The SMILES string of the molecule is Cc1ccc(F)c(O)c1C(O)CN. The Morgan fingerprint density at radius 1 is 1.54 bits per heavy atom. The van der Waals surface area contributed by atoms with Gasteiger partial charge in [-0.15, -0.1) is 0 Å². The topological polar surface area (TPSA) is 66.5 Å². The molecule has 1 unspecified atom stereocenters. The van der Waals surface area contributed by atoms with Gasteiger partial charge in [0, 0.05) is 12.1 Å². The number of phenolic OH excluding ortho intramolecular Hbond substituents is 1. The number of aromatic hydroxyl groups is 1. The first kappa shape index (κ1) is 9.95. The van der Waals surface area contributed by atoms with E-state index in [0.717, 1.165) is 6.07 Å². The molecule has 1 atom stereocenters. The third-order valence-corrected chi connectivity index (χ3v) is 1.94. The van der Waals surface area contributed by atoms with Crippen LogP contribution in [0.25, 0.3) is 0 Å². The molecular weight excluding hydrogens is 173 g/mol. The van der Waals surface area contributed by atoms with E-state index in [1.807, 2.05) is 0 Å². The van der Waals surface area contributed by atoms with Gasteiger partial charge in [-0.1, -0.05) is 6.07 Å². The van der Waals surface area contributed by atoms with Crippen LogP contribution >= 0.6 is 0 Å². The smallest absolute Gasteiger partial charge is 0.165 e. The maximum absolute atomic E-state index is 12.9. The molecule has 0 aliphatic rings.